The molecular formula is C23H29F2N3. The lowest BCUT2D eigenvalue weighted by Gasteiger charge is -2.20. The summed E-state index contributed by atoms with van der Waals surface area (Å²) in [4.78, 5) is 4.37. The third-order valence-corrected chi connectivity index (χ3v) is 5.27. The molecule has 0 spiro atoms. The van der Waals surface area contributed by atoms with Gasteiger partial charge in [0.25, 0.3) is 0 Å². The minimum Gasteiger partial charge on any atom is -0.386 e. The van der Waals surface area contributed by atoms with Gasteiger partial charge in [-0.05, 0) is 31.0 Å². The van der Waals surface area contributed by atoms with Crippen molar-refractivity contribution in [2.45, 2.75) is 65.0 Å². The fourth-order valence-electron chi connectivity index (χ4n) is 3.45. The Morgan fingerprint density at radius 3 is 2.61 bits per heavy atom. The number of nitrogens with one attached hydrogen (secondary N) is 2. The van der Waals surface area contributed by atoms with Crippen LogP contribution < -0.4 is 10.6 Å². The van der Waals surface area contributed by atoms with Crippen molar-refractivity contribution in [1.82, 2.24) is 15.6 Å². The second-order valence-corrected chi connectivity index (χ2v) is 8.52. The molecule has 2 aromatic rings. The molecule has 0 amide bonds. The zero-order chi connectivity index (χ0) is 20.5. The number of nitrogens with zero attached hydrogens (tertiary/aromatic N) is 1. The van der Waals surface area contributed by atoms with E-state index in [2.05, 4.69) is 22.5 Å². The van der Waals surface area contributed by atoms with Gasteiger partial charge in [0.2, 0.25) is 0 Å². The van der Waals surface area contributed by atoms with Crippen molar-refractivity contribution in [3.8, 4) is 11.1 Å². The molecule has 0 aliphatic carbocycles. The highest BCUT2D eigenvalue weighted by Crippen LogP contribution is 2.31. The minimum absolute atomic E-state index is 0.164. The number of pyridine rings is 1. The number of hydrogen-bond acceptors (Lipinski definition) is 3. The van der Waals surface area contributed by atoms with Gasteiger partial charge in [0.15, 0.2) is 11.6 Å². The molecule has 1 aromatic heterocycles. The van der Waals surface area contributed by atoms with Gasteiger partial charge in [-0.1, -0.05) is 39.8 Å². The van der Waals surface area contributed by atoms with Crippen LogP contribution >= 0.6 is 0 Å². The summed E-state index contributed by atoms with van der Waals surface area (Å²) in [7, 11) is 0. The molecule has 2 atom stereocenters. The van der Waals surface area contributed by atoms with Crippen molar-refractivity contribution in [3.63, 3.8) is 0 Å². The van der Waals surface area contributed by atoms with E-state index in [4.69, 9.17) is 0 Å². The van der Waals surface area contributed by atoms with Crippen LogP contribution in [0.15, 0.2) is 42.4 Å². The number of aromatic nitrogens is 1. The van der Waals surface area contributed by atoms with Crippen molar-refractivity contribution in [2.75, 3.05) is 0 Å². The van der Waals surface area contributed by atoms with Crippen LogP contribution in [0.1, 0.15) is 64.8 Å². The largest absolute Gasteiger partial charge is 0.386 e. The van der Waals surface area contributed by atoms with Crippen LogP contribution in [0.5, 0.6) is 0 Å². The van der Waals surface area contributed by atoms with Gasteiger partial charge in [-0.3, -0.25) is 4.98 Å². The first-order valence-corrected chi connectivity index (χ1v) is 9.87. The molecule has 3 rings (SSSR count). The second kappa shape index (κ2) is 7.90. The normalized spacial score (nSPS) is 17.8. The standard InChI is InChI=1S/C23H29F2N3/c1-6-16-12-17(13-27-16)28-14(2)18-7-8-19(22(25)21(18)24)15-9-10-26-20(11-15)23(3,4)5/h7-11,13-14,16,27-28H,6,12H2,1-5H3. The van der Waals surface area contributed by atoms with E-state index >= 15 is 0 Å². The Morgan fingerprint density at radius 1 is 1.21 bits per heavy atom. The van der Waals surface area contributed by atoms with Crippen molar-refractivity contribution in [1.29, 1.82) is 0 Å². The minimum atomic E-state index is -0.817. The predicted octanol–water partition coefficient (Wildman–Crippen LogP) is 5.59. The van der Waals surface area contributed by atoms with Crippen LogP contribution in [-0.2, 0) is 5.41 Å². The van der Waals surface area contributed by atoms with Crippen molar-refractivity contribution < 1.29 is 8.78 Å². The van der Waals surface area contributed by atoms with Gasteiger partial charge in [-0.25, -0.2) is 8.78 Å². The fraction of sp³-hybridized carbons (Fsp3) is 0.435. The number of hydrogen-bond donors (Lipinski definition) is 2. The van der Waals surface area contributed by atoms with Crippen molar-refractivity contribution in [2.24, 2.45) is 0 Å². The number of benzene rings is 1. The summed E-state index contributed by atoms with van der Waals surface area (Å²) in [5.41, 5.74) is 2.92. The lowest BCUT2D eigenvalue weighted by molar-refractivity contribution is 0.482. The molecule has 0 saturated heterocycles. The van der Waals surface area contributed by atoms with Crippen molar-refractivity contribution in [3.05, 3.63) is 65.3 Å². The second-order valence-electron chi connectivity index (χ2n) is 8.52. The Labute approximate surface area is 166 Å². The molecule has 2 heterocycles. The topological polar surface area (TPSA) is 37.0 Å². The van der Waals surface area contributed by atoms with E-state index < -0.39 is 11.6 Å². The SMILES string of the molecule is CCC1CC(NC(C)c2ccc(-c3ccnc(C(C)(C)C)c3)c(F)c2F)=CN1. The number of halogens is 2. The van der Waals surface area contributed by atoms with Crippen LogP contribution in [-0.4, -0.2) is 11.0 Å². The third-order valence-electron chi connectivity index (χ3n) is 5.27. The van der Waals surface area contributed by atoms with Gasteiger partial charge in [0.1, 0.15) is 0 Å². The molecule has 3 nitrogen and oxygen atoms in total. The Balaban J connectivity index is 1.86. The molecule has 0 radical (unpaired) electrons. The zero-order valence-electron chi connectivity index (χ0n) is 17.2. The summed E-state index contributed by atoms with van der Waals surface area (Å²) >= 11 is 0. The smallest absolute Gasteiger partial charge is 0.167 e. The lowest BCUT2D eigenvalue weighted by atomic mass is 9.89. The van der Waals surface area contributed by atoms with E-state index in [-0.39, 0.29) is 17.0 Å². The van der Waals surface area contributed by atoms with Gasteiger partial charge in [-0.15, -0.1) is 0 Å². The van der Waals surface area contributed by atoms with E-state index in [1.54, 1.807) is 24.4 Å². The maximum absolute atomic E-state index is 14.9. The first-order chi connectivity index (χ1) is 13.2. The van der Waals surface area contributed by atoms with Gasteiger partial charge < -0.3 is 10.6 Å². The molecule has 1 aliphatic heterocycles. The molecule has 5 heteroatoms. The average Bonchev–Trinajstić information content (AvgIpc) is 3.10. The zero-order valence-corrected chi connectivity index (χ0v) is 17.2. The molecule has 1 aliphatic rings. The van der Waals surface area contributed by atoms with Crippen LogP contribution in [0.2, 0.25) is 0 Å². The summed E-state index contributed by atoms with van der Waals surface area (Å²) in [5, 5.41) is 6.59. The van der Waals surface area contributed by atoms with E-state index in [0.29, 0.717) is 17.2 Å². The highest BCUT2D eigenvalue weighted by Gasteiger charge is 2.22. The Hall–Kier alpha value is -2.43. The summed E-state index contributed by atoms with van der Waals surface area (Å²) in [6.07, 6.45) is 5.47. The Kier molecular flexibility index (Phi) is 5.73. The first-order valence-electron chi connectivity index (χ1n) is 9.87. The lowest BCUT2D eigenvalue weighted by Crippen LogP contribution is -2.21. The summed E-state index contributed by atoms with van der Waals surface area (Å²) in [5.74, 6) is -1.62. The maximum atomic E-state index is 14.9. The quantitative estimate of drug-likeness (QED) is 0.705. The van der Waals surface area contributed by atoms with Crippen molar-refractivity contribution >= 4 is 0 Å². The first kappa shape index (κ1) is 20.3. The summed E-state index contributed by atoms with van der Waals surface area (Å²) in [6.45, 7) is 10.1. The number of rotatable bonds is 5. The average molecular weight is 386 g/mol. The van der Waals surface area contributed by atoms with Crippen LogP contribution in [0.3, 0.4) is 0 Å². The Morgan fingerprint density at radius 2 is 1.96 bits per heavy atom. The highest BCUT2D eigenvalue weighted by atomic mass is 19.2. The molecule has 0 bridgehead atoms. The molecular weight excluding hydrogens is 356 g/mol. The van der Waals surface area contributed by atoms with Gasteiger partial charge in [0.05, 0.1) is 6.04 Å². The maximum Gasteiger partial charge on any atom is 0.167 e. The summed E-state index contributed by atoms with van der Waals surface area (Å²) < 4.78 is 29.8. The van der Waals surface area contributed by atoms with Crippen LogP contribution in [0.4, 0.5) is 8.78 Å². The fourth-order valence-corrected chi connectivity index (χ4v) is 3.45. The third kappa shape index (κ3) is 4.18. The Bertz CT molecular complexity index is 884. The van der Waals surface area contributed by atoms with E-state index in [1.165, 1.54) is 0 Å². The molecule has 2 N–H and O–H groups in total. The summed E-state index contributed by atoms with van der Waals surface area (Å²) in [6, 6.07) is 6.96. The van der Waals surface area contributed by atoms with Gasteiger partial charge in [-0.2, -0.15) is 0 Å². The van der Waals surface area contributed by atoms with Crippen LogP contribution in [0.25, 0.3) is 11.1 Å². The highest BCUT2D eigenvalue weighted by molar-refractivity contribution is 5.65. The van der Waals surface area contributed by atoms with E-state index in [9.17, 15) is 8.78 Å². The molecule has 0 saturated carbocycles. The monoisotopic (exact) mass is 385 g/mol. The molecule has 1 aromatic carbocycles. The molecule has 0 fully saturated rings. The van der Waals surface area contributed by atoms with E-state index in [1.807, 2.05) is 40.0 Å². The van der Waals surface area contributed by atoms with Crippen LogP contribution in [0, 0.1) is 11.6 Å². The molecule has 150 valence electrons. The molecule has 2 unspecified atom stereocenters. The van der Waals surface area contributed by atoms with E-state index in [0.717, 1.165) is 24.2 Å². The predicted molar refractivity (Wildman–Crippen MR) is 110 cm³/mol. The van der Waals surface area contributed by atoms with Gasteiger partial charge in [0, 0.05) is 52.8 Å². The molecule has 28 heavy (non-hydrogen) atoms. The van der Waals surface area contributed by atoms with Gasteiger partial charge >= 0.3 is 0 Å².